The fourth-order valence-corrected chi connectivity index (χ4v) is 2.60. The minimum absolute atomic E-state index is 0.249. The number of anilines is 1. The second kappa shape index (κ2) is 9.92. The van der Waals surface area contributed by atoms with Gasteiger partial charge in [-0.2, -0.15) is 0 Å². The summed E-state index contributed by atoms with van der Waals surface area (Å²) in [5, 5.41) is 6.01. The van der Waals surface area contributed by atoms with E-state index in [2.05, 4.69) is 36.6 Å². The predicted molar refractivity (Wildman–Crippen MR) is 111 cm³/mol. The lowest BCUT2D eigenvalue weighted by Gasteiger charge is -2.12. The van der Waals surface area contributed by atoms with E-state index in [0.29, 0.717) is 18.1 Å². The molecule has 1 amide bonds. The van der Waals surface area contributed by atoms with E-state index in [0.717, 1.165) is 24.3 Å². The number of carbonyl (C=O) groups excluding carboxylic acids is 1. The van der Waals surface area contributed by atoms with Crippen LogP contribution in [0.2, 0.25) is 0 Å². The Bertz CT molecular complexity index is 727. The zero-order chi connectivity index (χ0) is 18.9. The van der Waals surface area contributed by atoms with Gasteiger partial charge in [-0.1, -0.05) is 32.9 Å². The molecule has 138 valence electrons. The summed E-state index contributed by atoms with van der Waals surface area (Å²) in [4.78, 5) is 12.3. The highest BCUT2D eigenvalue weighted by Gasteiger charge is 2.09. The van der Waals surface area contributed by atoms with Crippen molar-refractivity contribution in [3.63, 3.8) is 0 Å². The molecule has 0 radical (unpaired) electrons. The number of rotatable bonds is 7. The molecule has 0 spiro atoms. The van der Waals surface area contributed by atoms with E-state index < -0.39 is 0 Å². The summed E-state index contributed by atoms with van der Waals surface area (Å²) >= 11 is 5.23. The summed E-state index contributed by atoms with van der Waals surface area (Å²) in [5.41, 5.74) is 2.68. The molecule has 0 saturated heterocycles. The molecule has 1 atom stereocenters. The molecule has 2 aromatic carbocycles. The molecule has 0 aliphatic rings. The van der Waals surface area contributed by atoms with Crippen LogP contribution in [-0.4, -0.2) is 17.6 Å². The second-order valence-corrected chi connectivity index (χ2v) is 6.62. The Morgan fingerprint density at radius 2 is 1.73 bits per heavy atom. The molecule has 2 rings (SSSR count). The zero-order valence-electron chi connectivity index (χ0n) is 15.5. The first-order valence-corrected chi connectivity index (χ1v) is 9.39. The maximum atomic E-state index is 12.3. The summed E-state index contributed by atoms with van der Waals surface area (Å²) in [6.45, 7) is 7.08. The van der Waals surface area contributed by atoms with Gasteiger partial charge in [0.25, 0.3) is 5.91 Å². The van der Waals surface area contributed by atoms with Crippen molar-refractivity contribution < 1.29 is 9.53 Å². The lowest BCUT2D eigenvalue weighted by molar-refractivity contribution is 0.0977. The van der Waals surface area contributed by atoms with Crippen molar-refractivity contribution in [1.29, 1.82) is 0 Å². The third kappa shape index (κ3) is 5.85. The van der Waals surface area contributed by atoms with Gasteiger partial charge >= 0.3 is 0 Å². The van der Waals surface area contributed by atoms with Gasteiger partial charge in [-0.15, -0.1) is 0 Å². The van der Waals surface area contributed by atoms with E-state index in [4.69, 9.17) is 17.0 Å². The number of hydrogen-bond donors (Lipinski definition) is 2. The van der Waals surface area contributed by atoms with Crippen LogP contribution in [0.5, 0.6) is 5.75 Å². The highest BCUT2D eigenvalue weighted by Crippen LogP contribution is 2.20. The minimum atomic E-state index is -0.249. The Balaban J connectivity index is 1.89. The molecule has 1 unspecified atom stereocenters. The van der Waals surface area contributed by atoms with Crippen LogP contribution in [0.4, 0.5) is 5.69 Å². The van der Waals surface area contributed by atoms with Gasteiger partial charge in [-0.25, -0.2) is 0 Å². The smallest absolute Gasteiger partial charge is 0.257 e. The average molecular weight is 371 g/mol. The molecule has 26 heavy (non-hydrogen) atoms. The highest BCUT2D eigenvalue weighted by atomic mass is 32.1. The lowest BCUT2D eigenvalue weighted by Crippen LogP contribution is -2.34. The van der Waals surface area contributed by atoms with Crippen molar-refractivity contribution in [1.82, 2.24) is 5.32 Å². The normalized spacial score (nSPS) is 11.5. The van der Waals surface area contributed by atoms with E-state index in [-0.39, 0.29) is 11.0 Å². The quantitative estimate of drug-likeness (QED) is 0.665. The predicted octanol–water partition coefficient (Wildman–Crippen LogP) is 5.12. The Kier molecular flexibility index (Phi) is 7.60. The Hall–Kier alpha value is -2.40. The topological polar surface area (TPSA) is 50.4 Å². The molecule has 0 heterocycles. The Labute approximate surface area is 161 Å². The Morgan fingerprint density at radius 3 is 2.31 bits per heavy atom. The lowest BCUT2D eigenvalue weighted by atomic mass is 9.99. The summed E-state index contributed by atoms with van der Waals surface area (Å²) in [6, 6.07) is 15.1. The van der Waals surface area contributed by atoms with Crippen molar-refractivity contribution in [3.8, 4) is 5.75 Å². The van der Waals surface area contributed by atoms with Gasteiger partial charge < -0.3 is 10.1 Å². The molecule has 0 bridgehead atoms. The standard InChI is InChI=1S/C21H26N2O2S/c1-4-14-25-19-12-8-17(9-13-19)20(24)23-21(26)22-18-10-6-16(7-11-18)15(3)5-2/h6-13,15H,4-5,14H2,1-3H3,(H2,22,23,24,26). The molecular formula is C21H26N2O2S. The van der Waals surface area contributed by atoms with Crippen LogP contribution >= 0.6 is 12.2 Å². The molecule has 0 aromatic heterocycles. The second-order valence-electron chi connectivity index (χ2n) is 6.21. The number of amides is 1. The molecule has 0 saturated carbocycles. The zero-order valence-corrected chi connectivity index (χ0v) is 16.4. The highest BCUT2D eigenvalue weighted by molar-refractivity contribution is 7.80. The van der Waals surface area contributed by atoms with Crippen molar-refractivity contribution >= 4 is 28.9 Å². The number of ether oxygens (including phenoxy) is 1. The number of carbonyl (C=O) groups is 1. The van der Waals surface area contributed by atoms with Crippen LogP contribution in [-0.2, 0) is 0 Å². The van der Waals surface area contributed by atoms with Gasteiger partial charge in [0.05, 0.1) is 6.61 Å². The third-order valence-corrected chi connectivity index (χ3v) is 4.37. The van der Waals surface area contributed by atoms with E-state index in [1.165, 1.54) is 5.56 Å². The fourth-order valence-electron chi connectivity index (χ4n) is 2.39. The van der Waals surface area contributed by atoms with E-state index in [1.807, 2.05) is 19.1 Å². The van der Waals surface area contributed by atoms with E-state index in [1.54, 1.807) is 24.3 Å². The van der Waals surface area contributed by atoms with E-state index in [9.17, 15) is 4.79 Å². The molecule has 5 heteroatoms. The van der Waals surface area contributed by atoms with Crippen LogP contribution in [0, 0.1) is 0 Å². The van der Waals surface area contributed by atoms with Gasteiger partial charge in [0.1, 0.15) is 5.75 Å². The molecule has 2 aromatic rings. The molecular weight excluding hydrogens is 344 g/mol. The van der Waals surface area contributed by atoms with Crippen LogP contribution < -0.4 is 15.4 Å². The Morgan fingerprint density at radius 1 is 1.08 bits per heavy atom. The van der Waals surface area contributed by atoms with Crippen LogP contribution in [0.15, 0.2) is 48.5 Å². The number of thiocarbonyl (C=S) groups is 1. The third-order valence-electron chi connectivity index (χ3n) is 4.17. The molecule has 0 aliphatic heterocycles. The molecule has 0 fully saturated rings. The summed E-state index contributed by atoms with van der Waals surface area (Å²) in [7, 11) is 0. The summed E-state index contributed by atoms with van der Waals surface area (Å²) < 4.78 is 5.51. The van der Waals surface area contributed by atoms with Gasteiger partial charge in [0, 0.05) is 11.3 Å². The largest absolute Gasteiger partial charge is 0.494 e. The van der Waals surface area contributed by atoms with Crippen molar-refractivity contribution in [2.45, 2.75) is 39.5 Å². The SMILES string of the molecule is CCCOc1ccc(C(=O)NC(=S)Nc2ccc(C(C)CC)cc2)cc1. The first-order chi connectivity index (χ1) is 12.5. The number of hydrogen-bond acceptors (Lipinski definition) is 3. The number of benzene rings is 2. The van der Waals surface area contributed by atoms with Crippen LogP contribution in [0.25, 0.3) is 0 Å². The maximum Gasteiger partial charge on any atom is 0.257 e. The fraction of sp³-hybridized carbons (Fsp3) is 0.333. The first kappa shape index (κ1) is 19.9. The monoisotopic (exact) mass is 370 g/mol. The van der Waals surface area contributed by atoms with E-state index >= 15 is 0 Å². The van der Waals surface area contributed by atoms with Crippen molar-refractivity contribution in [2.24, 2.45) is 0 Å². The van der Waals surface area contributed by atoms with Gasteiger partial charge in [-0.3, -0.25) is 10.1 Å². The molecule has 0 aliphatic carbocycles. The summed E-state index contributed by atoms with van der Waals surface area (Å²) in [6.07, 6.45) is 2.05. The number of nitrogens with one attached hydrogen (secondary N) is 2. The average Bonchev–Trinajstić information content (AvgIpc) is 2.66. The van der Waals surface area contributed by atoms with Crippen molar-refractivity contribution in [3.05, 3.63) is 59.7 Å². The van der Waals surface area contributed by atoms with Gasteiger partial charge in [0.15, 0.2) is 5.11 Å². The van der Waals surface area contributed by atoms with Gasteiger partial charge in [0.2, 0.25) is 0 Å². The first-order valence-electron chi connectivity index (χ1n) is 8.98. The minimum Gasteiger partial charge on any atom is -0.494 e. The van der Waals surface area contributed by atoms with Gasteiger partial charge in [-0.05, 0) is 72.9 Å². The van der Waals surface area contributed by atoms with Crippen molar-refractivity contribution in [2.75, 3.05) is 11.9 Å². The summed E-state index contributed by atoms with van der Waals surface area (Å²) in [5.74, 6) is 1.03. The van der Waals surface area contributed by atoms with Crippen LogP contribution in [0.1, 0.15) is 55.5 Å². The molecule has 2 N–H and O–H groups in total. The maximum absolute atomic E-state index is 12.3. The molecule has 4 nitrogen and oxygen atoms in total. The van der Waals surface area contributed by atoms with Crippen LogP contribution in [0.3, 0.4) is 0 Å².